The number of likely N-dealkylation sites (tertiary alicyclic amines) is 1. The molecule has 0 aromatic heterocycles. The fourth-order valence-electron chi connectivity index (χ4n) is 3.07. The Morgan fingerprint density at radius 3 is 2.90 bits per heavy atom. The van der Waals surface area contributed by atoms with Crippen LogP contribution in [0.1, 0.15) is 32.1 Å². The van der Waals surface area contributed by atoms with E-state index in [2.05, 4.69) is 22.6 Å². The topological polar surface area (TPSA) is 53.6 Å². The van der Waals surface area contributed by atoms with Gasteiger partial charge in [-0.05, 0) is 58.3 Å². The van der Waals surface area contributed by atoms with E-state index in [4.69, 9.17) is 4.74 Å². The van der Waals surface area contributed by atoms with E-state index in [1.807, 2.05) is 0 Å². The SMILES string of the molecule is CN1CCCC(CNC(=O)CCOC2CCNCC2)C1. The van der Waals surface area contributed by atoms with Crippen LogP contribution >= 0.6 is 0 Å². The quantitative estimate of drug-likeness (QED) is 0.750. The Bertz CT molecular complexity index is 293. The lowest BCUT2D eigenvalue weighted by atomic mass is 9.98. The Morgan fingerprint density at radius 2 is 2.15 bits per heavy atom. The summed E-state index contributed by atoms with van der Waals surface area (Å²) in [6, 6.07) is 0. The molecular weight excluding hydrogens is 254 g/mol. The maximum atomic E-state index is 11.8. The third kappa shape index (κ3) is 5.77. The molecule has 2 fully saturated rings. The highest BCUT2D eigenvalue weighted by molar-refractivity contribution is 5.75. The number of carbonyl (C=O) groups is 1. The summed E-state index contributed by atoms with van der Waals surface area (Å²) in [5.41, 5.74) is 0. The van der Waals surface area contributed by atoms with Gasteiger partial charge in [-0.3, -0.25) is 4.79 Å². The first-order chi connectivity index (χ1) is 9.74. The van der Waals surface area contributed by atoms with Gasteiger partial charge in [0, 0.05) is 19.5 Å². The zero-order valence-electron chi connectivity index (χ0n) is 12.7. The molecule has 0 aromatic rings. The molecule has 1 amide bonds. The highest BCUT2D eigenvalue weighted by atomic mass is 16.5. The molecule has 1 unspecified atom stereocenters. The van der Waals surface area contributed by atoms with Gasteiger partial charge in [0.25, 0.3) is 0 Å². The zero-order valence-corrected chi connectivity index (χ0v) is 12.7. The molecule has 0 saturated carbocycles. The molecule has 2 N–H and O–H groups in total. The van der Waals surface area contributed by atoms with Gasteiger partial charge in [-0.25, -0.2) is 0 Å². The Labute approximate surface area is 122 Å². The van der Waals surface area contributed by atoms with E-state index in [9.17, 15) is 4.79 Å². The van der Waals surface area contributed by atoms with Gasteiger partial charge in [-0.15, -0.1) is 0 Å². The molecule has 5 nitrogen and oxygen atoms in total. The van der Waals surface area contributed by atoms with Crippen LogP contribution in [-0.2, 0) is 9.53 Å². The number of piperidine rings is 2. The number of carbonyl (C=O) groups excluding carboxylic acids is 1. The summed E-state index contributed by atoms with van der Waals surface area (Å²) < 4.78 is 5.75. The van der Waals surface area contributed by atoms with Crippen molar-refractivity contribution >= 4 is 5.91 Å². The highest BCUT2D eigenvalue weighted by Crippen LogP contribution is 2.13. The van der Waals surface area contributed by atoms with Crippen LogP contribution in [0.15, 0.2) is 0 Å². The van der Waals surface area contributed by atoms with E-state index in [0.29, 0.717) is 25.0 Å². The molecule has 2 aliphatic heterocycles. The van der Waals surface area contributed by atoms with Crippen LogP contribution in [0.4, 0.5) is 0 Å². The average molecular weight is 283 g/mol. The third-order valence-corrected chi connectivity index (χ3v) is 4.28. The number of rotatable bonds is 6. The predicted octanol–water partition coefficient (Wildman–Crippen LogP) is 0.603. The van der Waals surface area contributed by atoms with E-state index in [1.54, 1.807) is 0 Å². The fourth-order valence-corrected chi connectivity index (χ4v) is 3.07. The second-order valence-corrected chi connectivity index (χ2v) is 6.14. The summed E-state index contributed by atoms with van der Waals surface area (Å²) in [6.45, 7) is 5.73. The number of ether oxygens (including phenoxy) is 1. The van der Waals surface area contributed by atoms with Crippen molar-refractivity contribution in [2.75, 3.05) is 46.4 Å². The summed E-state index contributed by atoms with van der Waals surface area (Å²) in [5, 5.41) is 6.36. The van der Waals surface area contributed by atoms with Crippen molar-refractivity contribution in [3.63, 3.8) is 0 Å². The molecule has 2 aliphatic rings. The summed E-state index contributed by atoms with van der Waals surface area (Å²) >= 11 is 0. The molecule has 2 heterocycles. The lowest BCUT2D eigenvalue weighted by molar-refractivity contribution is -0.123. The van der Waals surface area contributed by atoms with Crippen molar-refractivity contribution in [3.8, 4) is 0 Å². The maximum absolute atomic E-state index is 11.8. The third-order valence-electron chi connectivity index (χ3n) is 4.28. The van der Waals surface area contributed by atoms with Gasteiger partial charge in [0.2, 0.25) is 5.91 Å². The lowest BCUT2D eigenvalue weighted by Gasteiger charge is -2.29. The maximum Gasteiger partial charge on any atom is 0.222 e. The van der Waals surface area contributed by atoms with E-state index in [0.717, 1.165) is 39.0 Å². The van der Waals surface area contributed by atoms with Crippen LogP contribution < -0.4 is 10.6 Å². The zero-order chi connectivity index (χ0) is 14.2. The molecule has 0 bridgehead atoms. The van der Waals surface area contributed by atoms with Gasteiger partial charge < -0.3 is 20.3 Å². The molecule has 0 spiro atoms. The van der Waals surface area contributed by atoms with Crippen molar-refractivity contribution < 1.29 is 9.53 Å². The monoisotopic (exact) mass is 283 g/mol. The van der Waals surface area contributed by atoms with Crippen molar-refractivity contribution in [1.82, 2.24) is 15.5 Å². The van der Waals surface area contributed by atoms with Crippen LogP contribution in [0, 0.1) is 5.92 Å². The Morgan fingerprint density at radius 1 is 1.35 bits per heavy atom. The van der Waals surface area contributed by atoms with Crippen LogP contribution in [0.5, 0.6) is 0 Å². The molecule has 2 saturated heterocycles. The van der Waals surface area contributed by atoms with Crippen molar-refractivity contribution in [3.05, 3.63) is 0 Å². The number of amides is 1. The first-order valence-corrected chi connectivity index (χ1v) is 8.01. The summed E-state index contributed by atoms with van der Waals surface area (Å²) in [7, 11) is 2.15. The minimum Gasteiger partial charge on any atom is -0.378 e. The van der Waals surface area contributed by atoms with Crippen LogP contribution in [0.2, 0.25) is 0 Å². The molecule has 0 radical (unpaired) electrons. The average Bonchev–Trinajstić information content (AvgIpc) is 2.46. The van der Waals surface area contributed by atoms with Gasteiger partial charge in [-0.2, -0.15) is 0 Å². The van der Waals surface area contributed by atoms with Gasteiger partial charge in [0.15, 0.2) is 0 Å². The Hall–Kier alpha value is -0.650. The smallest absolute Gasteiger partial charge is 0.222 e. The van der Waals surface area contributed by atoms with Gasteiger partial charge in [0.1, 0.15) is 0 Å². The Kier molecular flexibility index (Phi) is 6.76. The minimum absolute atomic E-state index is 0.132. The van der Waals surface area contributed by atoms with Gasteiger partial charge in [0.05, 0.1) is 12.7 Å². The summed E-state index contributed by atoms with van der Waals surface area (Å²) in [5.74, 6) is 0.746. The molecule has 2 rings (SSSR count). The van der Waals surface area contributed by atoms with E-state index < -0.39 is 0 Å². The van der Waals surface area contributed by atoms with Crippen LogP contribution in [0.25, 0.3) is 0 Å². The number of nitrogens with zero attached hydrogens (tertiary/aromatic N) is 1. The van der Waals surface area contributed by atoms with E-state index in [1.165, 1.54) is 19.4 Å². The number of hydrogen-bond acceptors (Lipinski definition) is 4. The molecule has 1 atom stereocenters. The Balaban J connectivity index is 1.51. The van der Waals surface area contributed by atoms with E-state index >= 15 is 0 Å². The largest absolute Gasteiger partial charge is 0.378 e. The van der Waals surface area contributed by atoms with Crippen molar-refractivity contribution in [2.45, 2.75) is 38.2 Å². The lowest BCUT2D eigenvalue weighted by Crippen LogP contribution is -2.39. The molecule has 0 aromatic carbocycles. The molecule has 0 aliphatic carbocycles. The standard InChI is InChI=1S/C15H29N3O2/c1-18-9-2-3-13(12-18)11-17-15(19)6-10-20-14-4-7-16-8-5-14/h13-14,16H,2-12H2,1H3,(H,17,19). The normalized spacial score (nSPS) is 25.6. The molecular formula is C15H29N3O2. The number of hydrogen-bond donors (Lipinski definition) is 2. The highest BCUT2D eigenvalue weighted by Gasteiger charge is 2.18. The van der Waals surface area contributed by atoms with Crippen molar-refractivity contribution in [2.24, 2.45) is 5.92 Å². The first kappa shape index (κ1) is 15.7. The second kappa shape index (κ2) is 8.60. The molecule has 5 heteroatoms. The van der Waals surface area contributed by atoms with Gasteiger partial charge in [-0.1, -0.05) is 0 Å². The summed E-state index contributed by atoms with van der Waals surface area (Å²) in [4.78, 5) is 14.1. The van der Waals surface area contributed by atoms with Crippen LogP contribution in [-0.4, -0.2) is 63.3 Å². The minimum atomic E-state index is 0.132. The first-order valence-electron chi connectivity index (χ1n) is 8.01. The molecule has 116 valence electrons. The van der Waals surface area contributed by atoms with E-state index in [-0.39, 0.29) is 5.91 Å². The second-order valence-electron chi connectivity index (χ2n) is 6.14. The predicted molar refractivity (Wildman–Crippen MR) is 79.7 cm³/mol. The fraction of sp³-hybridized carbons (Fsp3) is 0.933. The van der Waals surface area contributed by atoms with Gasteiger partial charge >= 0.3 is 0 Å². The number of nitrogens with one attached hydrogen (secondary N) is 2. The molecule has 20 heavy (non-hydrogen) atoms. The summed E-state index contributed by atoms with van der Waals surface area (Å²) in [6.07, 6.45) is 5.45. The van der Waals surface area contributed by atoms with Crippen molar-refractivity contribution in [1.29, 1.82) is 0 Å². The van der Waals surface area contributed by atoms with Crippen LogP contribution in [0.3, 0.4) is 0 Å².